The van der Waals surface area contributed by atoms with Crippen LogP contribution in [0.1, 0.15) is 44.1 Å². The Labute approximate surface area is 125 Å². The molecule has 1 saturated heterocycles. The van der Waals surface area contributed by atoms with E-state index in [4.69, 9.17) is 5.73 Å². The van der Waals surface area contributed by atoms with Gasteiger partial charge in [0.05, 0.1) is 11.1 Å². The summed E-state index contributed by atoms with van der Waals surface area (Å²) >= 11 is 0. The van der Waals surface area contributed by atoms with Gasteiger partial charge in [0.2, 0.25) is 11.8 Å². The Bertz CT molecular complexity index is 544. The van der Waals surface area contributed by atoms with Gasteiger partial charge in [-0.25, -0.2) is 0 Å². The second-order valence-corrected chi connectivity index (χ2v) is 6.26. The summed E-state index contributed by atoms with van der Waals surface area (Å²) < 4.78 is 0. The first-order valence-corrected chi connectivity index (χ1v) is 7.83. The van der Waals surface area contributed by atoms with E-state index in [2.05, 4.69) is 0 Å². The fraction of sp³-hybridized carbons (Fsp3) is 0.529. The summed E-state index contributed by atoms with van der Waals surface area (Å²) in [6.07, 6.45) is 6.21. The van der Waals surface area contributed by atoms with Gasteiger partial charge in [0.1, 0.15) is 0 Å². The van der Waals surface area contributed by atoms with E-state index < -0.39 is 5.41 Å². The molecular formula is C17H22N2O2. The van der Waals surface area contributed by atoms with Crippen molar-refractivity contribution in [2.24, 2.45) is 11.1 Å². The van der Waals surface area contributed by atoms with Gasteiger partial charge in [-0.3, -0.25) is 14.5 Å². The lowest BCUT2D eigenvalue weighted by Crippen LogP contribution is -2.36. The number of benzene rings is 1. The second-order valence-electron chi connectivity index (χ2n) is 6.26. The maximum Gasteiger partial charge on any atom is 0.240 e. The van der Waals surface area contributed by atoms with Crippen LogP contribution in [-0.2, 0) is 16.0 Å². The third-order valence-electron chi connectivity index (χ3n) is 4.83. The number of rotatable bonds is 3. The van der Waals surface area contributed by atoms with Gasteiger partial charge in [-0.1, -0.05) is 31.4 Å². The van der Waals surface area contributed by atoms with Crippen LogP contribution in [0.3, 0.4) is 0 Å². The first-order chi connectivity index (χ1) is 10.2. The highest BCUT2D eigenvalue weighted by Gasteiger charge is 2.51. The molecule has 112 valence electrons. The van der Waals surface area contributed by atoms with Gasteiger partial charge in [0.25, 0.3) is 0 Å². The summed E-state index contributed by atoms with van der Waals surface area (Å²) in [5, 5.41) is 0. The minimum atomic E-state index is -0.411. The van der Waals surface area contributed by atoms with E-state index in [0.717, 1.165) is 37.7 Å². The molecule has 3 rings (SSSR count). The molecule has 2 N–H and O–H groups in total. The van der Waals surface area contributed by atoms with Crippen LogP contribution in [0.2, 0.25) is 0 Å². The number of anilines is 1. The summed E-state index contributed by atoms with van der Waals surface area (Å²) in [7, 11) is 0. The quantitative estimate of drug-likeness (QED) is 0.868. The molecule has 1 saturated carbocycles. The summed E-state index contributed by atoms with van der Waals surface area (Å²) in [5.41, 5.74) is 6.96. The highest BCUT2D eigenvalue weighted by atomic mass is 16.2. The summed E-state index contributed by atoms with van der Waals surface area (Å²) in [5.74, 6) is -0.0350. The maximum atomic E-state index is 12.8. The predicted molar refractivity (Wildman–Crippen MR) is 81.8 cm³/mol. The Balaban J connectivity index is 1.84. The molecule has 1 aromatic rings. The number of nitrogens with zero attached hydrogens (tertiary/aromatic N) is 1. The lowest BCUT2D eigenvalue weighted by atomic mass is 9.73. The second kappa shape index (κ2) is 5.60. The smallest absolute Gasteiger partial charge is 0.240 e. The van der Waals surface area contributed by atoms with Crippen LogP contribution in [-0.4, -0.2) is 18.4 Å². The van der Waals surface area contributed by atoms with Crippen molar-refractivity contribution < 1.29 is 9.59 Å². The molecule has 0 unspecified atom stereocenters. The monoisotopic (exact) mass is 286 g/mol. The Morgan fingerprint density at radius 3 is 2.33 bits per heavy atom. The van der Waals surface area contributed by atoms with Crippen molar-refractivity contribution in [1.29, 1.82) is 0 Å². The molecule has 2 fully saturated rings. The Morgan fingerprint density at radius 1 is 1.05 bits per heavy atom. The molecule has 21 heavy (non-hydrogen) atoms. The molecular weight excluding hydrogens is 264 g/mol. The van der Waals surface area contributed by atoms with Crippen molar-refractivity contribution in [3.63, 3.8) is 0 Å². The SMILES string of the molecule is NCCc1ccc(N2C(=O)CC3(CCCCC3)C2=O)cc1. The van der Waals surface area contributed by atoms with Gasteiger partial charge in [0, 0.05) is 6.42 Å². The standard InChI is InChI=1S/C17H22N2O2/c18-11-8-13-4-6-14(7-5-13)19-15(20)12-17(16(19)21)9-2-1-3-10-17/h4-7H,1-3,8-12,18H2. The van der Waals surface area contributed by atoms with E-state index in [9.17, 15) is 9.59 Å². The minimum Gasteiger partial charge on any atom is -0.330 e. The molecule has 0 bridgehead atoms. The largest absolute Gasteiger partial charge is 0.330 e. The summed E-state index contributed by atoms with van der Waals surface area (Å²) in [4.78, 5) is 26.5. The van der Waals surface area contributed by atoms with Crippen LogP contribution >= 0.6 is 0 Å². The van der Waals surface area contributed by atoms with Crippen LogP contribution in [0, 0.1) is 5.41 Å². The maximum absolute atomic E-state index is 12.8. The molecule has 1 aliphatic carbocycles. The summed E-state index contributed by atoms with van der Waals surface area (Å²) in [6.45, 7) is 0.601. The fourth-order valence-corrected chi connectivity index (χ4v) is 3.65. The Kier molecular flexibility index (Phi) is 3.81. The molecule has 0 radical (unpaired) electrons. The van der Waals surface area contributed by atoms with Crippen LogP contribution < -0.4 is 10.6 Å². The number of nitrogens with two attached hydrogens (primary N) is 1. The van der Waals surface area contributed by atoms with E-state index in [-0.39, 0.29) is 11.8 Å². The normalized spacial score (nSPS) is 21.3. The van der Waals surface area contributed by atoms with Crippen molar-refractivity contribution >= 4 is 17.5 Å². The molecule has 1 aliphatic heterocycles. The number of hydrogen-bond donors (Lipinski definition) is 1. The third kappa shape index (κ3) is 2.48. The topological polar surface area (TPSA) is 63.4 Å². The third-order valence-corrected chi connectivity index (χ3v) is 4.83. The number of carbonyl (C=O) groups excluding carboxylic acids is 2. The number of amides is 2. The van der Waals surface area contributed by atoms with Crippen LogP contribution in [0.15, 0.2) is 24.3 Å². The number of imide groups is 1. The van der Waals surface area contributed by atoms with Gasteiger partial charge in [-0.15, -0.1) is 0 Å². The molecule has 4 nitrogen and oxygen atoms in total. The molecule has 2 amide bonds. The number of carbonyl (C=O) groups is 2. The van der Waals surface area contributed by atoms with Gasteiger partial charge in [-0.2, -0.15) is 0 Å². The molecule has 0 atom stereocenters. The van der Waals surface area contributed by atoms with Crippen molar-refractivity contribution in [1.82, 2.24) is 0 Å². The van der Waals surface area contributed by atoms with Crippen LogP contribution in [0.25, 0.3) is 0 Å². The van der Waals surface area contributed by atoms with E-state index in [0.29, 0.717) is 18.7 Å². The molecule has 1 heterocycles. The molecule has 2 aliphatic rings. The van der Waals surface area contributed by atoms with Crippen molar-refractivity contribution in [2.75, 3.05) is 11.4 Å². The van der Waals surface area contributed by atoms with Crippen molar-refractivity contribution in [3.05, 3.63) is 29.8 Å². The lowest BCUT2D eigenvalue weighted by Gasteiger charge is -2.30. The Morgan fingerprint density at radius 2 is 1.71 bits per heavy atom. The zero-order chi connectivity index (χ0) is 14.9. The fourth-order valence-electron chi connectivity index (χ4n) is 3.65. The Hall–Kier alpha value is -1.68. The minimum absolute atomic E-state index is 0.0128. The highest BCUT2D eigenvalue weighted by molar-refractivity contribution is 6.22. The van der Waals surface area contributed by atoms with E-state index in [1.807, 2.05) is 24.3 Å². The van der Waals surface area contributed by atoms with Gasteiger partial charge in [-0.05, 0) is 43.5 Å². The molecule has 1 spiro atoms. The number of hydrogen-bond acceptors (Lipinski definition) is 3. The highest BCUT2D eigenvalue weighted by Crippen LogP contribution is 2.46. The molecule has 4 heteroatoms. The zero-order valence-electron chi connectivity index (χ0n) is 12.3. The van der Waals surface area contributed by atoms with Gasteiger partial charge in [0.15, 0.2) is 0 Å². The first-order valence-electron chi connectivity index (χ1n) is 7.83. The van der Waals surface area contributed by atoms with E-state index >= 15 is 0 Å². The van der Waals surface area contributed by atoms with Crippen LogP contribution in [0.5, 0.6) is 0 Å². The predicted octanol–water partition coefficient (Wildman–Crippen LogP) is 2.40. The van der Waals surface area contributed by atoms with Crippen molar-refractivity contribution in [3.8, 4) is 0 Å². The molecule has 1 aromatic carbocycles. The van der Waals surface area contributed by atoms with Gasteiger partial charge < -0.3 is 5.73 Å². The van der Waals surface area contributed by atoms with E-state index in [1.54, 1.807) is 0 Å². The average molecular weight is 286 g/mol. The molecule has 0 aromatic heterocycles. The summed E-state index contributed by atoms with van der Waals surface area (Å²) in [6, 6.07) is 7.63. The van der Waals surface area contributed by atoms with Crippen molar-refractivity contribution in [2.45, 2.75) is 44.9 Å². The van der Waals surface area contributed by atoms with Gasteiger partial charge >= 0.3 is 0 Å². The average Bonchev–Trinajstić information content (AvgIpc) is 2.72. The zero-order valence-corrected chi connectivity index (χ0v) is 12.3. The van der Waals surface area contributed by atoms with E-state index in [1.165, 1.54) is 11.3 Å². The first kappa shape index (κ1) is 14.3. The van der Waals surface area contributed by atoms with Crippen LogP contribution in [0.4, 0.5) is 5.69 Å². The lowest BCUT2D eigenvalue weighted by molar-refractivity contribution is -0.127.